The van der Waals surface area contributed by atoms with E-state index in [1.54, 1.807) is 13.0 Å². The summed E-state index contributed by atoms with van der Waals surface area (Å²) in [6.45, 7) is 4.72. The van der Waals surface area contributed by atoms with Gasteiger partial charge in [0.25, 0.3) is 0 Å². The summed E-state index contributed by atoms with van der Waals surface area (Å²) < 4.78 is 18.7. The minimum absolute atomic E-state index is 0.248. The molecule has 1 aliphatic rings. The predicted octanol–water partition coefficient (Wildman–Crippen LogP) is 0.626. The molecule has 2 rings (SSSR count). The highest BCUT2D eigenvalue weighted by molar-refractivity contribution is 5.81. The van der Waals surface area contributed by atoms with E-state index in [0.29, 0.717) is 13.2 Å². The van der Waals surface area contributed by atoms with Gasteiger partial charge in [-0.05, 0) is 30.7 Å². The molecule has 0 bridgehead atoms. The normalized spacial score (nSPS) is 16.9. The Balaban J connectivity index is 2.13. The number of hydrogen-bond acceptors (Lipinski definition) is 4. The highest BCUT2D eigenvalue weighted by Gasteiger charge is 2.16. The molecule has 1 saturated heterocycles. The largest absolute Gasteiger partial charge is 0.378 e. The minimum atomic E-state index is -0.574. The molecule has 0 spiro atoms. The van der Waals surface area contributed by atoms with Gasteiger partial charge in [-0.25, -0.2) is 4.39 Å². The molecule has 1 heterocycles. The van der Waals surface area contributed by atoms with E-state index >= 15 is 0 Å². The zero-order valence-electron chi connectivity index (χ0n) is 11.6. The van der Waals surface area contributed by atoms with Crippen LogP contribution in [0.25, 0.3) is 0 Å². The van der Waals surface area contributed by atoms with Gasteiger partial charge < -0.3 is 20.7 Å². The summed E-state index contributed by atoms with van der Waals surface area (Å²) in [5, 5.41) is 2.72. The smallest absolute Gasteiger partial charge is 0.236 e. The first-order chi connectivity index (χ1) is 9.58. The van der Waals surface area contributed by atoms with Crippen LogP contribution in [-0.4, -0.2) is 38.3 Å². The molecule has 0 saturated carbocycles. The van der Waals surface area contributed by atoms with Crippen LogP contribution in [0, 0.1) is 5.82 Å². The van der Waals surface area contributed by atoms with Crippen molar-refractivity contribution in [2.75, 3.05) is 31.2 Å². The van der Waals surface area contributed by atoms with Crippen molar-refractivity contribution >= 4 is 11.6 Å². The van der Waals surface area contributed by atoms with Gasteiger partial charge >= 0.3 is 0 Å². The lowest BCUT2D eigenvalue weighted by Crippen LogP contribution is -2.39. The van der Waals surface area contributed by atoms with Gasteiger partial charge in [-0.1, -0.05) is 0 Å². The Bertz CT molecular complexity index is 473. The molecule has 1 aromatic carbocycles. The summed E-state index contributed by atoms with van der Waals surface area (Å²) >= 11 is 0. The van der Waals surface area contributed by atoms with Crippen LogP contribution >= 0.6 is 0 Å². The van der Waals surface area contributed by atoms with Crippen LogP contribution < -0.4 is 16.0 Å². The summed E-state index contributed by atoms with van der Waals surface area (Å²) in [6, 6.07) is 4.05. The molecule has 0 radical (unpaired) electrons. The van der Waals surface area contributed by atoms with Gasteiger partial charge in [0.2, 0.25) is 5.91 Å². The first-order valence-corrected chi connectivity index (χ1v) is 6.72. The standard InChI is InChI=1S/C14H20FN3O2/c1-10(16)14(19)17-9-11-8-12(15)2-3-13(11)18-4-6-20-7-5-18/h2-3,8,10H,4-7,9,16H2,1H3,(H,17,19)/t10-/m1/s1. The molecule has 6 heteroatoms. The highest BCUT2D eigenvalue weighted by atomic mass is 19.1. The van der Waals surface area contributed by atoms with Crippen LogP contribution in [0.3, 0.4) is 0 Å². The second-order valence-electron chi connectivity index (χ2n) is 4.88. The molecule has 1 aromatic rings. The number of morpholine rings is 1. The van der Waals surface area contributed by atoms with Crippen molar-refractivity contribution in [2.24, 2.45) is 5.73 Å². The zero-order valence-corrected chi connectivity index (χ0v) is 11.6. The highest BCUT2D eigenvalue weighted by Crippen LogP contribution is 2.22. The Morgan fingerprint density at radius 1 is 1.50 bits per heavy atom. The summed E-state index contributed by atoms with van der Waals surface area (Å²) in [5.74, 6) is -0.561. The molecule has 1 atom stereocenters. The maximum atomic E-state index is 13.4. The second-order valence-corrected chi connectivity index (χ2v) is 4.88. The number of amides is 1. The number of nitrogens with two attached hydrogens (primary N) is 1. The molecule has 0 aliphatic carbocycles. The van der Waals surface area contributed by atoms with Crippen LogP contribution in [0.1, 0.15) is 12.5 Å². The van der Waals surface area contributed by atoms with Crippen molar-refractivity contribution in [1.82, 2.24) is 5.32 Å². The number of hydrogen-bond donors (Lipinski definition) is 2. The van der Waals surface area contributed by atoms with Crippen molar-refractivity contribution in [3.63, 3.8) is 0 Å². The van der Waals surface area contributed by atoms with Crippen molar-refractivity contribution in [1.29, 1.82) is 0 Å². The Morgan fingerprint density at radius 2 is 2.20 bits per heavy atom. The van der Waals surface area contributed by atoms with Crippen LogP contribution in [0.15, 0.2) is 18.2 Å². The Kier molecular flexibility index (Phi) is 4.92. The summed E-state index contributed by atoms with van der Waals surface area (Å²) in [7, 11) is 0. The lowest BCUT2D eigenvalue weighted by atomic mass is 10.1. The van der Waals surface area contributed by atoms with Gasteiger partial charge in [-0.15, -0.1) is 0 Å². The summed E-state index contributed by atoms with van der Waals surface area (Å²) in [4.78, 5) is 13.7. The van der Waals surface area contributed by atoms with Gasteiger partial charge in [-0.3, -0.25) is 4.79 Å². The first-order valence-electron chi connectivity index (χ1n) is 6.72. The molecule has 0 unspecified atom stereocenters. The monoisotopic (exact) mass is 281 g/mol. The number of rotatable bonds is 4. The molecule has 1 aliphatic heterocycles. The van der Waals surface area contributed by atoms with Gasteiger partial charge in [0, 0.05) is 25.3 Å². The maximum absolute atomic E-state index is 13.4. The Morgan fingerprint density at radius 3 is 2.85 bits per heavy atom. The van der Waals surface area contributed by atoms with Gasteiger partial charge in [0.1, 0.15) is 5.82 Å². The Hall–Kier alpha value is -1.66. The number of ether oxygens (including phenoxy) is 1. The van der Waals surface area contributed by atoms with E-state index in [-0.39, 0.29) is 18.3 Å². The van der Waals surface area contributed by atoms with Crippen molar-refractivity contribution < 1.29 is 13.9 Å². The van der Waals surface area contributed by atoms with Gasteiger partial charge in [-0.2, -0.15) is 0 Å². The average molecular weight is 281 g/mol. The fourth-order valence-electron chi connectivity index (χ4n) is 2.15. The second kappa shape index (κ2) is 6.67. The number of anilines is 1. The number of nitrogens with zero attached hydrogens (tertiary/aromatic N) is 1. The molecule has 1 amide bonds. The number of halogens is 1. The van der Waals surface area contributed by atoms with Crippen molar-refractivity contribution in [3.8, 4) is 0 Å². The summed E-state index contributed by atoms with van der Waals surface area (Å²) in [6.07, 6.45) is 0. The van der Waals surface area contributed by atoms with Gasteiger partial charge in [0.05, 0.1) is 19.3 Å². The maximum Gasteiger partial charge on any atom is 0.236 e. The van der Waals surface area contributed by atoms with Crippen LogP contribution in [-0.2, 0) is 16.1 Å². The molecule has 20 heavy (non-hydrogen) atoms. The molecule has 1 fully saturated rings. The molecular weight excluding hydrogens is 261 g/mol. The fourth-order valence-corrected chi connectivity index (χ4v) is 2.15. The average Bonchev–Trinajstić information content (AvgIpc) is 2.45. The molecule has 0 aromatic heterocycles. The van der Waals surface area contributed by atoms with Crippen LogP contribution in [0.5, 0.6) is 0 Å². The summed E-state index contributed by atoms with van der Waals surface area (Å²) in [5.41, 5.74) is 7.18. The molecular formula is C14H20FN3O2. The topological polar surface area (TPSA) is 67.6 Å². The predicted molar refractivity (Wildman–Crippen MR) is 74.9 cm³/mol. The fraction of sp³-hybridized carbons (Fsp3) is 0.500. The number of benzene rings is 1. The number of carbonyl (C=O) groups is 1. The SMILES string of the molecule is C[C@@H](N)C(=O)NCc1cc(F)ccc1N1CCOCC1. The molecule has 3 N–H and O–H groups in total. The molecule has 110 valence electrons. The third kappa shape index (κ3) is 3.68. The van der Waals surface area contributed by atoms with E-state index in [4.69, 9.17) is 10.5 Å². The van der Waals surface area contributed by atoms with E-state index in [0.717, 1.165) is 24.3 Å². The van der Waals surface area contributed by atoms with Gasteiger partial charge in [0.15, 0.2) is 0 Å². The first kappa shape index (κ1) is 14.7. The zero-order chi connectivity index (χ0) is 14.5. The lowest BCUT2D eigenvalue weighted by molar-refractivity contribution is -0.122. The van der Waals surface area contributed by atoms with Crippen LogP contribution in [0.2, 0.25) is 0 Å². The van der Waals surface area contributed by atoms with Crippen molar-refractivity contribution in [2.45, 2.75) is 19.5 Å². The number of carbonyl (C=O) groups excluding carboxylic acids is 1. The van der Waals surface area contributed by atoms with Crippen LogP contribution in [0.4, 0.5) is 10.1 Å². The third-order valence-electron chi connectivity index (χ3n) is 3.26. The lowest BCUT2D eigenvalue weighted by Gasteiger charge is -2.30. The van der Waals surface area contributed by atoms with E-state index in [1.807, 2.05) is 0 Å². The van der Waals surface area contributed by atoms with Crippen molar-refractivity contribution in [3.05, 3.63) is 29.6 Å². The van der Waals surface area contributed by atoms with E-state index < -0.39 is 6.04 Å². The quantitative estimate of drug-likeness (QED) is 0.849. The Labute approximate surface area is 117 Å². The minimum Gasteiger partial charge on any atom is -0.378 e. The van der Waals surface area contributed by atoms with E-state index in [9.17, 15) is 9.18 Å². The number of nitrogens with one attached hydrogen (secondary N) is 1. The third-order valence-corrected chi connectivity index (χ3v) is 3.26. The van der Waals surface area contributed by atoms with E-state index in [2.05, 4.69) is 10.2 Å². The molecule has 5 nitrogen and oxygen atoms in total. The van der Waals surface area contributed by atoms with E-state index in [1.165, 1.54) is 12.1 Å².